The number of nitrogens with one attached hydrogen (secondary N) is 2. The lowest BCUT2D eigenvalue weighted by atomic mass is 9.74. The molecule has 0 aliphatic carbocycles. The molecule has 4 unspecified atom stereocenters. The molecule has 1 amide bonds. The fourth-order valence-electron chi connectivity index (χ4n) is 5.07. The highest BCUT2D eigenvalue weighted by Crippen LogP contribution is 2.55. The lowest BCUT2D eigenvalue weighted by molar-refractivity contribution is -0.527. The molecule has 2 N–H and O–H groups in total. The first kappa shape index (κ1) is 19.3. The number of ether oxygens (including phenoxy) is 1. The highest BCUT2D eigenvalue weighted by molar-refractivity contribution is 6.07. The van der Waals surface area contributed by atoms with E-state index in [0.717, 1.165) is 11.1 Å². The quantitative estimate of drug-likeness (QED) is 0.502. The van der Waals surface area contributed by atoms with E-state index in [1.807, 2.05) is 60.7 Å². The summed E-state index contributed by atoms with van der Waals surface area (Å²) in [5, 5.41) is 18.8. The Bertz CT molecular complexity index is 1170. The van der Waals surface area contributed by atoms with Crippen LogP contribution in [0.5, 0.6) is 5.75 Å². The van der Waals surface area contributed by atoms with E-state index in [1.165, 1.54) is 0 Å². The molecule has 2 aliphatic heterocycles. The molecule has 2 aliphatic rings. The first-order valence-electron chi connectivity index (χ1n) is 10.1. The Labute approximate surface area is 179 Å². The fraction of sp³-hybridized carbons (Fsp3) is 0.208. The maximum Gasteiger partial charge on any atom is 0.250 e. The van der Waals surface area contributed by atoms with Crippen molar-refractivity contribution < 1.29 is 14.5 Å². The first-order chi connectivity index (χ1) is 15.1. The molecule has 0 radical (unpaired) electrons. The third kappa shape index (κ3) is 2.81. The smallest absolute Gasteiger partial charge is 0.250 e. The lowest BCUT2D eigenvalue weighted by Crippen LogP contribution is -2.48. The van der Waals surface area contributed by atoms with E-state index in [9.17, 15) is 14.9 Å². The van der Waals surface area contributed by atoms with Crippen LogP contribution in [0.1, 0.15) is 28.7 Å². The Hall–Kier alpha value is -3.71. The summed E-state index contributed by atoms with van der Waals surface area (Å²) >= 11 is 0. The van der Waals surface area contributed by atoms with Crippen LogP contribution < -0.4 is 15.4 Å². The number of hydrogen-bond donors (Lipinski definition) is 2. The summed E-state index contributed by atoms with van der Waals surface area (Å²) < 4.78 is 5.38. The van der Waals surface area contributed by atoms with Gasteiger partial charge in [-0.1, -0.05) is 60.7 Å². The van der Waals surface area contributed by atoms with Crippen molar-refractivity contribution >= 4 is 11.6 Å². The first-order valence-corrected chi connectivity index (χ1v) is 10.1. The summed E-state index contributed by atoms with van der Waals surface area (Å²) in [6.07, 6.45) is 0. The van der Waals surface area contributed by atoms with E-state index < -0.39 is 23.5 Å². The summed E-state index contributed by atoms with van der Waals surface area (Å²) in [6, 6.07) is 22.1. The molecule has 7 heteroatoms. The Morgan fingerprint density at radius 3 is 2.42 bits per heavy atom. The number of methoxy groups -OCH3 is 1. The van der Waals surface area contributed by atoms with Gasteiger partial charge in [0, 0.05) is 16.2 Å². The van der Waals surface area contributed by atoms with Crippen molar-refractivity contribution in [2.24, 2.45) is 0 Å². The van der Waals surface area contributed by atoms with E-state index in [2.05, 4.69) is 10.6 Å². The van der Waals surface area contributed by atoms with E-state index in [0.29, 0.717) is 17.0 Å². The maximum absolute atomic E-state index is 13.5. The van der Waals surface area contributed by atoms with Crippen LogP contribution in [0.25, 0.3) is 0 Å². The molecule has 1 fully saturated rings. The molecule has 156 valence electrons. The standard InChI is InChI=1S/C24H21N3O4/c1-31-17-11-7-10-16(14-17)20-22(27(29)30)21(15-8-3-2-4-9-15)26-24(20)18-12-5-6-13-19(18)25-23(24)28/h2-14,20-22,26H,1H3,(H,25,28). The molecule has 1 spiro atoms. The average molecular weight is 415 g/mol. The predicted octanol–water partition coefficient (Wildman–Crippen LogP) is 3.62. The van der Waals surface area contributed by atoms with Crippen molar-refractivity contribution in [3.8, 4) is 5.75 Å². The SMILES string of the molecule is COc1cccc(C2C([N+](=O)[O-])C(c3ccccc3)NC23C(=O)Nc2ccccc23)c1. The number of fused-ring (bicyclic) bond motifs is 2. The number of rotatable bonds is 4. The van der Waals surface area contributed by atoms with Gasteiger partial charge in [-0.15, -0.1) is 0 Å². The van der Waals surface area contributed by atoms with E-state index in [-0.39, 0.29) is 10.8 Å². The molecule has 7 nitrogen and oxygen atoms in total. The molecule has 3 aromatic carbocycles. The molecule has 4 atom stereocenters. The van der Waals surface area contributed by atoms with Gasteiger partial charge in [-0.25, -0.2) is 0 Å². The largest absolute Gasteiger partial charge is 0.497 e. The van der Waals surface area contributed by atoms with Gasteiger partial charge in [-0.2, -0.15) is 0 Å². The van der Waals surface area contributed by atoms with Crippen molar-refractivity contribution in [1.29, 1.82) is 0 Å². The third-order valence-corrected chi connectivity index (χ3v) is 6.35. The molecule has 1 saturated heterocycles. The predicted molar refractivity (Wildman–Crippen MR) is 116 cm³/mol. The van der Waals surface area contributed by atoms with Crippen LogP contribution in [0.15, 0.2) is 78.9 Å². The van der Waals surface area contributed by atoms with Crippen molar-refractivity contribution in [2.75, 3.05) is 12.4 Å². The normalized spacial score (nSPS) is 26.5. The summed E-state index contributed by atoms with van der Waals surface area (Å²) in [5.41, 5.74) is 1.56. The number of amides is 1. The molecule has 3 aromatic rings. The van der Waals surface area contributed by atoms with Gasteiger partial charge in [0.1, 0.15) is 17.3 Å². The highest BCUT2D eigenvalue weighted by atomic mass is 16.6. The topological polar surface area (TPSA) is 93.5 Å². The van der Waals surface area contributed by atoms with Gasteiger partial charge in [0.05, 0.1) is 13.0 Å². The number of nitrogens with zero attached hydrogens (tertiary/aromatic N) is 1. The van der Waals surface area contributed by atoms with Crippen LogP contribution in [-0.4, -0.2) is 24.0 Å². The number of carbonyl (C=O) groups is 1. The second kappa shape index (κ2) is 7.21. The van der Waals surface area contributed by atoms with Crippen LogP contribution in [0, 0.1) is 10.1 Å². The van der Waals surface area contributed by atoms with E-state index in [1.54, 1.807) is 25.3 Å². The fourth-order valence-corrected chi connectivity index (χ4v) is 5.07. The number of benzene rings is 3. The van der Waals surface area contributed by atoms with E-state index >= 15 is 0 Å². The van der Waals surface area contributed by atoms with Crippen LogP contribution in [0.4, 0.5) is 5.69 Å². The second-order valence-corrected chi connectivity index (χ2v) is 7.87. The summed E-state index contributed by atoms with van der Waals surface area (Å²) in [6.45, 7) is 0. The summed E-state index contributed by atoms with van der Waals surface area (Å²) in [7, 11) is 1.55. The van der Waals surface area contributed by atoms with Gasteiger partial charge >= 0.3 is 0 Å². The lowest BCUT2D eigenvalue weighted by Gasteiger charge is -2.29. The molecular weight excluding hydrogens is 394 g/mol. The van der Waals surface area contributed by atoms with Gasteiger partial charge in [-0.3, -0.25) is 20.2 Å². The average Bonchev–Trinajstić information content (AvgIpc) is 3.31. The van der Waals surface area contributed by atoms with Crippen LogP contribution in [-0.2, 0) is 10.3 Å². The van der Waals surface area contributed by atoms with Crippen molar-refractivity contribution in [3.63, 3.8) is 0 Å². The summed E-state index contributed by atoms with van der Waals surface area (Å²) in [5.74, 6) is -0.442. The van der Waals surface area contributed by atoms with Crippen LogP contribution >= 0.6 is 0 Å². The maximum atomic E-state index is 13.5. The molecule has 31 heavy (non-hydrogen) atoms. The van der Waals surface area contributed by atoms with Crippen LogP contribution in [0.2, 0.25) is 0 Å². The number of nitro groups is 1. The molecule has 5 rings (SSSR count). The number of carbonyl (C=O) groups excluding carboxylic acids is 1. The minimum absolute atomic E-state index is 0.266. The van der Waals surface area contributed by atoms with Crippen molar-refractivity contribution in [3.05, 3.63) is 106 Å². The zero-order valence-corrected chi connectivity index (χ0v) is 16.8. The van der Waals surface area contributed by atoms with E-state index in [4.69, 9.17) is 4.74 Å². The summed E-state index contributed by atoms with van der Waals surface area (Å²) in [4.78, 5) is 25.7. The van der Waals surface area contributed by atoms with Gasteiger partial charge in [0.25, 0.3) is 0 Å². The second-order valence-electron chi connectivity index (χ2n) is 7.87. The minimum Gasteiger partial charge on any atom is -0.497 e. The Kier molecular flexibility index (Phi) is 4.48. The molecule has 0 aromatic heterocycles. The number of para-hydroxylation sites is 1. The van der Waals surface area contributed by atoms with Crippen molar-refractivity contribution in [2.45, 2.75) is 23.5 Å². The van der Waals surface area contributed by atoms with Gasteiger partial charge < -0.3 is 10.1 Å². The monoisotopic (exact) mass is 415 g/mol. The molecule has 2 heterocycles. The molecule has 0 saturated carbocycles. The Morgan fingerprint density at radius 1 is 0.968 bits per heavy atom. The highest BCUT2D eigenvalue weighted by Gasteiger charge is 2.66. The number of hydrogen-bond acceptors (Lipinski definition) is 5. The zero-order chi connectivity index (χ0) is 21.6. The third-order valence-electron chi connectivity index (χ3n) is 6.35. The van der Waals surface area contributed by atoms with Crippen LogP contribution in [0.3, 0.4) is 0 Å². The van der Waals surface area contributed by atoms with Crippen molar-refractivity contribution in [1.82, 2.24) is 5.32 Å². The van der Waals surface area contributed by atoms with Gasteiger partial charge in [0.2, 0.25) is 11.9 Å². The van der Waals surface area contributed by atoms with Gasteiger partial charge in [0.15, 0.2) is 0 Å². The minimum atomic E-state index is -1.28. The molecular formula is C24H21N3O4. The van der Waals surface area contributed by atoms with Gasteiger partial charge in [-0.05, 0) is 29.3 Å². The Morgan fingerprint density at radius 2 is 1.68 bits per heavy atom. The molecule has 0 bridgehead atoms. The Balaban J connectivity index is 1.78. The zero-order valence-electron chi connectivity index (χ0n) is 16.8. The number of anilines is 1.